The van der Waals surface area contributed by atoms with Crippen LogP contribution in [-0.2, 0) is 9.59 Å². The van der Waals surface area contributed by atoms with Crippen molar-refractivity contribution >= 4 is 58.5 Å². The van der Waals surface area contributed by atoms with Crippen molar-refractivity contribution in [3.8, 4) is 11.5 Å². The van der Waals surface area contributed by atoms with E-state index in [1.54, 1.807) is 97.1 Å². The lowest BCUT2D eigenvalue weighted by Crippen LogP contribution is -2.30. The molecule has 0 radical (unpaired) electrons. The number of thioether (sulfide) groups is 1. The molecule has 0 aromatic heterocycles. The van der Waals surface area contributed by atoms with Gasteiger partial charge >= 0.3 is 0 Å². The maximum atomic E-state index is 13.2. The number of hydrogen-bond donors (Lipinski definition) is 3. The monoisotopic (exact) mass is 585 g/mol. The molecule has 0 saturated heterocycles. The SMILES string of the molecule is O=C(CSc1ccc(NC(=O)/C(=C/c2ccc(Cl)cc2)NC(=O)c2ccccc2)cc1)Nc1ccc2c(c1)OCO2. The van der Waals surface area contributed by atoms with E-state index in [0.717, 1.165) is 4.90 Å². The molecular formula is C31H24ClN3O5S. The number of fused-ring (bicyclic) bond motifs is 1. The first-order valence-electron chi connectivity index (χ1n) is 12.5. The second kappa shape index (κ2) is 13.1. The Kier molecular flexibility index (Phi) is 8.88. The summed E-state index contributed by atoms with van der Waals surface area (Å²) < 4.78 is 10.6. The van der Waals surface area contributed by atoms with Gasteiger partial charge in [0.25, 0.3) is 11.8 Å². The molecule has 41 heavy (non-hydrogen) atoms. The smallest absolute Gasteiger partial charge is 0.272 e. The average molecular weight is 586 g/mol. The molecule has 0 saturated carbocycles. The molecule has 4 aromatic carbocycles. The predicted molar refractivity (Wildman–Crippen MR) is 160 cm³/mol. The van der Waals surface area contributed by atoms with E-state index >= 15 is 0 Å². The van der Waals surface area contributed by atoms with E-state index < -0.39 is 11.8 Å². The Morgan fingerprint density at radius 1 is 0.805 bits per heavy atom. The highest BCUT2D eigenvalue weighted by atomic mass is 35.5. The molecule has 3 amide bonds. The number of hydrogen-bond acceptors (Lipinski definition) is 6. The fraction of sp³-hybridized carbons (Fsp3) is 0.0645. The standard InChI is InChI=1S/C31H24ClN3O5S/c32-22-8-6-20(7-9-22)16-26(35-30(37)21-4-2-1-3-5-21)31(38)34-23-10-13-25(14-11-23)41-18-29(36)33-24-12-15-27-28(17-24)40-19-39-27/h1-17H,18-19H2,(H,33,36)(H,34,38)(H,35,37)/b26-16-. The van der Waals surface area contributed by atoms with E-state index in [9.17, 15) is 14.4 Å². The highest BCUT2D eigenvalue weighted by Crippen LogP contribution is 2.34. The van der Waals surface area contributed by atoms with E-state index in [4.69, 9.17) is 21.1 Å². The Morgan fingerprint density at radius 2 is 1.51 bits per heavy atom. The molecular weight excluding hydrogens is 562 g/mol. The summed E-state index contributed by atoms with van der Waals surface area (Å²) in [5.74, 6) is 0.367. The van der Waals surface area contributed by atoms with Gasteiger partial charge in [-0.15, -0.1) is 11.8 Å². The van der Waals surface area contributed by atoms with Gasteiger partial charge in [-0.3, -0.25) is 14.4 Å². The number of amides is 3. The van der Waals surface area contributed by atoms with E-state index in [-0.39, 0.29) is 24.2 Å². The Bertz CT molecular complexity index is 1590. The zero-order valence-electron chi connectivity index (χ0n) is 21.6. The normalized spacial score (nSPS) is 12.0. The molecule has 0 atom stereocenters. The van der Waals surface area contributed by atoms with Crippen molar-refractivity contribution in [2.45, 2.75) is 4.90 Å². The second-order valence-electron chi connectivity index (χ2n) is 8.81. The molecule has 206 valence electrons. The van der Waals surface area contributed by atoms with Crippen molar-refractivity contribution < 1.29 is 23.9 Å². The highest BCUT2D eigenvalue weighted by Gasteiger charge is 2.16. The van der Waals surface area contributed by atoms with Crippen molar-refractivity contribution in [1.29, 1.82) is 0 Å². The summed E-state index contributed by atoms with van der Waals surface area (Å²) in [7, 11) is 0. The second-order valence-corrected chi connectivity index (χ2v) is 10.3. The van der Waals surface area contributed by atoms with Crippen molar-refractivity contribution in [3.63, 3.8) is 0 Å². The van der Waals surface area contributed by atoms with Gasteiger partial charge in [-0.2, -0.15) is 0 Å². The number of anilines is 2. The minimum atomic E-state index is -0.493. The molecule has 8 nitrogen and oxygen atoms in total. The van der Waals surface area contributed by atoms with Gasteiger partial charge in [0.1, 0.15) is 5.70 Å². The topological polar surface area (TPSA) is 106 Å². The molecule has 1 aliphatic rings. The van der Waals surface area contributed by atoms with E-state index in [1.165, 1.54) is 11.8 Å². The number of benzene rings is 4. The minimum absolute atomic E-state index is 0.0693. The van der Waals surface area contributed by atoms with Crippen LogP contribution >= 0.6 is 23.4 Å². The molecule has 0 fully saturated rings. The average Bonchev–Trinajstić information content (AvgIpc) is 3.46. The largest absolute Gasteiger partial charge is 0.454 e. The van der Waals surface area contributed by atoms with Crippen LogP contribution in [0.2, 0.25) is 5.02 Å². The van der Waals surface area contributed by atoms with Crippen LogP contribution in [-0.4, -0.2) is 30.3 Å². The fourth-order valence-corrected chi connectivity index (χ4v) is 4.65. The summed E-state index contributed by atoms with van der Waals surface area (Å²) in [4.78, 5) is 39.3. The summed E-state index contributed by atoms with van der Waals surface area (Å²) in [6.45, 7) is 0.168. The molecule has 4 aromatic rings. The Morgan fingerprint density at radius 3 is 2.27 bits per heavy atom. The van der Waals surface area contributed by atoms with Crippen molar-refractivity contribution in [2.24, 2.45) is 0 Å². The van der Waals surface area contributed by atoms with Crippen molar-refractivity contribution in [1.82, 2.24) is 5.32 Å². The first-order valence-corrected chi connectivity index (χ1v) is 13.9. The third kappa shape index (κ3) is 7.69. The van der Waals surface area contributed by atoms with E-state index in [0.29, 0.717) is 39.0 Å². The van der Waals surface area contributed by atoms with Crippen LogP contribution < -0.4 is 25.4 Å². The summed E-state index contributed by atoms with van der Waals surface area (Å²) >= 11 is 7.34. The number of ether oxygens (including phenoxy) is 2. The molecule has 10 heteroatoms. The summed E-state index contributed by atoms with van der Waals surface area (Å²) in [5.41, 5.74) is 2.34. The van der Waals surface area contributed by atoms with Crippen LogP contribution in [0.1, 0.15) is 15.9 Å². The maximum absolute atomic E-state index is 13.2. The minimum Gasteiger partial charge on any atom is -0.454 e. The number of rotatable bonds is 9. The lowest BCUT2D eigenvalue weighted by Gasteiger charge is -2.12. The van der Waals surface area contributed by atoms with Gasteiger partial charge in [0.15, 0.2) is 11.5 Å². The maximum Gasteiger partial charge on any atom is 0.272 e. The van der Waals surface area contributed by atoms with Gasteiger partial charge in [-0.1, -0.05) is 41.9 Å². The molecule has 1 heterocycles. The third-order valence-corrected chi connectivity index (χ3v) is 7.11. The molecule has 3 N–H and O–H groups in total. The molecule has 0 unspecified atom stereocenters. The van der Waals surface area contributed by atoms with Gasteiger partial charge < -0.3 is 25.4 Å². The van der Waals surface area contributed by atoms with Gasteiger partial charge in [-0.05, 0) is 72.3 Å². The van der Waals surface area contributed by atoms with Crippen LogP contribution in [0.3, 0.4) is 0 Å². The van der Waals surface area contributed by atoms with Crippen LogP contribution in [0.25, 0.3) is 6.08 Å². The number of halogens is 1. The van der Waals surface area contributed by atoms with E-state index in [1.807, 2.05) is 6.07 Å². The van der Waals surface area contributed by atoms with Crippen LogP contribution in [0, 0.1) is 0 Å². The third-order valence-electron chi connectivity index (χ3n) is 5.85. The van der Waals surface area contributed by atoms with Crippen molar-refractivity contribution in [3.05, 3.63) is 119 Å². The molecule has 5 rings (SSSR count). The predicted octanol–water partition coefficient (Wildman–Crippen LogP) is 6.21. The Hall–Kier alpha value is -4.73. The lowest BCUT2D eigenvalue weighted by molar-refractivity contribution is -0.114. The van der Waals surface area contributed by atoms with Gasteiger partial charge in [-0.25, -0.2) is 0 Å². The number of carbonyl (C=O) groups excluding carboxylic acids is 3. The first-order chi connectivity index (χ1) is 19.9. The zero-order chi connectivity index (χ0) is 28.6. The van der Waals surface area contributed by atoms with Crippen LogP contribution in [0.5, 0.6) is 11.5 Å². The quantitative estimate of drug-likeness (QED) is 0.159. The molecule has 1 aliphatic heterocycles. The number of carbonyl (C=O) groups is 3. The zero-order valence-corrected chi connectivity index (χ0v) is 23.1. The molecule has 0 aliphatic carbocycles. The van der Waals surface area contributed by atoms with Gasteiger partial charge in [0.2, 0.25) is 12.7 Å². The Labute approximate surface area is 245 Å². The summed E-state index contributed by atoms with van der Waals surface area (Å²) in [6.07, 6.45) is 1.58. The lowest BCUT2D eigenvalue weighted by atomic mass is 10.1. The summed E-state index contributed by atoms with van der Waals surface area (Å²) in [6, 6.07) is 27.8. The Balaban J connectivity index is 1.20. The highest BCUT2D eigenvalue weighted by molar-refractivity contribution is 8.00. The van der Waals surface area contributed by atoms with Crippen molar-refractivity contribution in [2.75, 3.05) is 23.2 Å². The summed E-state index contributed by atoms with van der Waals surface area (Å²) in [5, 5.41) is 8.93. The van der Waals surface area contributed by atoms with Gasteiger partial charge in [0, 0.05) is 32.9 Å². The van der Waals surface area contributed by atoms with Gasteiger partial charge in [0.05, 0.1) is 5.75 Å². The van der Waals surface area contributed by atoms with Crippen LogP contribution in [0.4, 0.5) is 11.4 Å². The fourth-order valence-electron chi connectivity index (χ4n) is 3.82. The molecule has 0 spiro atoms. The first kappa shape index (κ1) is 27.8. The number of nitrogens with one attached hydrogen (secondary N) is 3. The van der Waals surface area contributed by atoms with E-state index in [2.05, 4.69) is 16.0 Å². The molecule has 0 bridgehead atoms. The van der Waals surface area contributed by atoms with Crippen LogP contribution in [0.15, 0.2) is 108 Å².